The van der Waals surface area contributed by atoms with Crippen LogP contribution < -0.4 is 9.47 Å². The van der Waals surface area contributed by atoms with Gasteiger partial charge in [-0.05, 0) is 56.0 Å². The quantitative estimate of drug-likeness (QED) is 0.464. The molecule has 2 atom stereocenters. The molecule has 3 heterocycles. The van der Waals surface area contributed by atoms with Crippen LogP contribution in [0.1, 0.15) is 60.8 Å². The predicted octanol–water partition coefficient (Wildman–Crippen LogP) is 4.69. The van der Waals surface area contributed by atoms with E-state index in [1.165, 1.54) is 0 Å². The average Bonchev–Trinajstić information content (AvgIpc) is 3.59. The van der Waals surface area contributed by atoms with Gasteiger partial charge in [-0.15, -0.1) is 0 Å². The van der Waals surface area contributed by atoms with E-state index in [2.05, 4.69) is 17.1 Å². The van der Waals surface area contributed by atoms with Gasteiger partial charge in [0.25, 0.3) is 5.91 Å². The van der Waals surface area contributed by atoms with E-state index in [-0.39, 0.29) is 17.8 Å². The van der Waals surface area contributed by atoms with Crippen molar-refractivity contribution in [1.82, 2.24) is 15.1 Å². The highest BCUT2D eigenvalue weighted by molar-refractivity contribution is 6.00. The number of rotatable bonds is 9. The van der Waals surface area contributed by atoms with Crippen LogP contribution in [-0.2, 0) is 4.74 Å². The van der Waals surface area contributed by atoms with Crippen molar-refractivity contribution in [3.63, 3.8) is 0 Å². The molecule has 2 N–H and O–H groups in total. The Bertz CT molecular complexity index is 1200. The van der Waals surface area contributed by atoms with Gasteiger partial charge in [0.2, 0.25) is 0 Å². The fourth-order valence-corrected chi connectivity index (χ4v) is 4.91. The van der Waals surface area contributed by atoms with Gasteiger partial charge < -0.3 is 24.2 Å². The predicted molar refractivity (Wildman–Crippen MR) is 131 cm³/mol. The van der Waals surface area contributed by atoms with Gasteiger partial charge in [0.15, 0.2) is 11.5 Å². The van der Waals surface area contributed by atoms with Crippen molar-refractivity contribution in [2.45, 2.75) is 45.3 Å². The van der Waals surface area contributed by atoms with Crippen LogP contribution in [0.25, 0.3) is 11.3 Å². The van der Waals surface area contributed by atoms with Crippen molar-refractivity contribution in [3.8, 4) is 28.5 Å². The lowest BCUT2D eigenvalue weighted by molar-refractivity contribution is 0.0495. The van der Waals surface area contributed by atoms with E-state index in [9.17, 15) is 9.90 Å². The first-order chi connectivity index (χ1) is 17.1. The van der Waals surface area contributed by atoms with Gasteiger partial charge in [-0.3, -0.25) is 9.89 Å². The molecular formula is C27H31N3O5. The van der Waals surface area contributed by atoms with Crippen molar-refractivity contribution in [2.75, 3.05) is 26.4 Å². The molecule has 0 saturated carbocycles. The number of hydrogen-bond acceptors (Lipinski definition) is 6. The third kappa shape index (κ3) is 4.34. The number of phenols is 1. The minimum Gasteiger partial charge on any atom is -0.507 e. The maximum atomic E-state index is 13.6. The third-order valence-corrected chi connectivity index (χ3v) is 6.49. The number of carbonyl (C=O) groups excluding carboxylic acids is 1. The summed E-state index contributed by atoms with van der Waals surface area (Å²) in [6, 6.07) is 12.5. The van der Waals surface area contributed by atoms with E-state index in [1.807, 2.05) is 42.2 Å². The van der Waals surface area contributed by atoms with E-state index >= 15 is 0 Å². The average molecular weight is 478 g/mol. The molecule has 1 fully saturated rings. The normalized spacial score (nSPS) is 19.3. The Morgan fingerprint density at radius 1 is 1.17 bits per heavy atom. The maximum Gasteiger partial charge on any atom is 0.273 e. The molecular weight excluding hydrogens is 446 g/mol. The van der Waals surface area contributed by atoms with Crippen molar-refractivity contribution in [2.24, 2.45) is 0 Å². The number of nitrogens with one attached hydrogen (secondary N) is 1. The molecule has 184 valence electrons. The van der Waals surface area contributed by atoms with Crippen molar-refractivity contribution < 1.29 is 24.1 Å². The number of para-hydroxylation sites is 1. The highest BCUT2D eigenvalue weighted by atomic mass is 16.5. The van der Waals surface area contributed by atoms with Gasteiger partial charge in [-0.25, -0.2) is 0 Å². The molecule has 2 aromatic carbocycles. The Labute approximate surface area is 204 Å². The molecule has 2 aliphatic heterocycles. The van der Waals surface area contributed by atoms with Crippen LogP contribution in [0, 0.1) is 0 Å². The third-order valence-electron chi connectivity index (χ3n) is 6.49. The molecule has 3 aromatic rings. The lowest BCUT2D eigenvalue weighted by Crippen LogP contribution is -2.36. The molecule has 1 amide bonds. The number of amides is 1. The van der Waals surface area contributed by atoms with E-state index < -0.39 is 6.04 Å². The van der Waals surface area contributed by atoms with Crippen molar-refractivity contribution in [3.05, 3.63) is 59.3 Å². The fraction of sp³-hybridized carbons (Fsp3) is 0.407. The topological polar surface area (TPSA) is 96.9 Å². The number of nitrogens with zero attached hydrogens (tertiary/aromatic N) is 2. The number of carbonyl (C=O) groups is 1. The first kappa shape index (κ1) is 23.2. The summed E-state index contributed by atoms with van der Waals surface area (Å²) in [5.41, 5.74) is 3.22. The lowest BCUT2D eigenvalue weighted by Gasteiger charge is -2.29. The molecule has 1 saturated heterocycles. The molecule has 2 aliphatic rings. The number of benzene rings is 2. The molecule has 5 rings (SSSR count). The molecule has 0 radical (unpaired) electrons. The summed E-state index contributed by atoms with van der Waals surface area (Å²) >= 11 is 0. The highest BCUT2D eigenvalue weighted by Crippen LogP contribution is 2.46. The zero-order chi connectivity index (χ0) is 24.4. The number of aromatic nitrogens is 2. The summed E-state index contributed by atoms with van der Waals surface area (Å²) in [5.74, 6) is 1.31. The van der Waals surface area contributed by atoms with Crippen LogP contribution in [0.2, 0.25) is 0 Å². The number of hydrogen-bond donors (Lipinski definition) is 2. The highest BCUT2D eigenvalue weighted by Gasteiger charge is 2.44. The summed E-state index contributed by atoms with van der Waals surface area (Å²) in [7, 11) is 0. The summed E-state index contributed by atoms with van der Waals surface area (Å²) in [6.45, 7) is 6.27. The SMILES string of the molecule is CCCOc1ccc([C@@H]2c3c(-c4ccccc4O)n[nH]c3C(=O)N2C[C@H]2CCCO2)cc1OCC. The van der Waals surface area contributed by atoms with Crippen molar-refractivity contribution >= 4 is 5.91 Å². The molecule has 1 aromatic heterocycles. The Balaban J connectivity index is 1.62. The van der Waals surface area contributed by atoms with E-state index in [0.717, 1.165) is 30.4 Å². The number of ether oxygens (including phenoxy) is 3. The molecule has 8 heteroatoms. The molecule has 0 unspecified atom stereocenters. The second-order valence-corrected chi connectivity index (χ2v) is 8.86. The van der Waals surface area contributed by atoms with Crippen LogP contribution in [0.3, 0.4) is 0 Å². The molecule has 0 aliphatic carbocycles. The summed E-state index contributed by atoms with van der Waals surface area (Å²) < 4.78 is 17.7. The minimum atomic E-state index is -0.408. The minimum absolute atomic E-state index is 0.00878. The monoisotopic (exact) mass is 477 g/mol. The van der Waals surface area contributed by atoms with Gasteiger partial charge in [0.05, 0.1) is 25.4 Å². The van der Waals surface area contributed by atoms with Crippen LogP contribution in [0.4, 0.5) is 0 Å². The second kappa shape index (κ2) is 10.00. The van der Waals surface area contributed by atoms with Gasteiger partial charge in [-0.2, -0.15) is 5.10 Å². The second-order valence-electron chi connectivity index (χ2n) is 8.86. The molecule has 35 heavy (non-hydrogen) atoms. The van der Waals surface area contributed by atoms with Crippen molar-refractivity contribution in [1.29, 1.82) is 0 Å². The zero-order valence-electron chi connectivity index (χ0n) is 20.1. The van der Waals surface area contributed by atoms with E-state index in [0.29, 0.717) is 54.8 Å². The maximum absolute atomic E-state index is 13.6. The van der Waals surface area contributed by atoms with Crippen LogP contribution >= 0.6 is 0 Å². The fourth-order valence-electron chi connectivity index (χ4n) is 4.91. The van der Waals surface area contributed by atoms with Crippen LogP contribution in [0.15, 0.2) is 42.5 Å². The number of aromatic amines is 1. The lowest BCUT2D eigenvalue weighted by atomic mass is 9.95. The Kier molecular flexibility index (Phi) is 6.63. The summed E-state index contributed by atoms with van der Waals surface area (Å²) in [4.78, 5) is 15.4. The number of aromatic hydroxyl groups is 1. The molecule has 0 bridgehead atoms. The number of H-pyrrole nitrogens is 1. The zero-order valence-corrected chi connectivity index (χ0v) is 20.1. The van der Waals surface area contributed by atoms with Gasteiger partial charge >= 0.3 is 0 Å². The largest absolute Gasteiger partial charge is 0.507 e. The van der Waals surface area contributed by atoms with Gasteiger partial charge in [0, 0.05) is 24.3 Å². The number of fused-ring (bicyclic) bond motifs is 1. The van der Waals surface area contributed by atoms with Gasteiger partial charge in [0.1, 0.15) is 17.1 Å². The van der Waals surface area contributed by atoms with Crippen LogP contribution in [0.5, 0.6) is 17.2 Å². The molecule has 0 spiro atoms. The summed E-state index contributed by atoms with van der Waals surface area (Å²) in [5, 5.41) is 18.0. The number of phenolic OH excluding ortho intramolecular Hbond substituents is 1. The first-order valence-corrected chi connectivity index (χ1v) is 12.3. The van der Waals surface area contributed by atoms with Crippen LogP contribution in [-0.4, -0.2) is 58.6 Å². The van der Waals surface area contributed by atoms with E-state index in [1.54, 1.807) is 12.1 Å². The standard InChI is InChI=1S/C27H31N3O5/c1-3-13-35-21-12-11-17(15-22(21)33-4-2)26-23-24(19-9-5-6-10-20(19)31)28-29-25(23)27(32)30(26)16-18-8-7-14-34-18/h5-6,9-12,15,18,26,31H,3-4,7-8,13-14,16H2,1-2H3,(H,28,29)/t18-,26-/m1/s1. The smallest absolute Gasteiger partial charge is 0.273 e. The Hall–Kier alpha value is -3.52. The van der Waals surface area contributed by atoms with E-state index in [4.69, 9.17) is 14.2 Å². The molecule has 8 nitrogen and oxygen atoms in total. The summed E-state index contributed by atoms with van der Waals surface area (Å²) in [6.07, 6.45) is 2.79. The Morgan fingerprint density at radius 2 is 2.03 bits per heavy atom. The van der Waals surface area contributed by atoms with Gasteiger partial charge in [-0.1, -0.05) is 25.1 Å². The Morgan fingerprint density at radius 3 is 2.77 bits per heavy atom. The first-order valence-electron chi connectivity index (χ1n) is 12.3.